The summed E-state index contributed by atoms with van der Waals surface area (Å²) in [6.07, 6.45) is 0. The molecule has 0 spiro atoms. The first-order chi connectivity index (χ1) is 9.63. The predicted octanol–water partition coefficient (Wildman–Crippen LogP) is 1.65. The van der Waals surface area contributed by atoms with Gasteiger partial charge in [0, 0.05) is 25.7 Å². The quantitative estimate of drug-likeness (QED) is 0.672. The number of methoxy groups -OCH3 is 1. The van der Waals surface area contributed by atoms with Crippen LogP contribution in [-0.2, 0) is 0 Å². The van der Waals surface area contributed by atoms with Crippen molar-refractivity contribution < 1.29 is 9.66 Å². The van der Waals surface area contributed by atoms with Gasteiger partial charge >= 0.3 is 5.69 Å². The molecule has 0 saturated carbocycles. The normalized spacial score (nSPS) is 28.5. The number of hydrogen-bond donors (Lipinski definition) is 1. The van der Waals surface area contributed by atoms with Gasteiger partial charge in [0.15, 0.2) is 5.75 Å². The first-order valence-corrected chi connectivity index (χ1v) is 6.92. The Kier molecular flexibility index (Phi) is 3.25. The number of nitrogens with zero attached hydrogens (tertiary/aromatic N) is 2. The van der Waals surface area contributed by atoms with Crippen molar-refractivity contribution in [3.05, 3.63) is 28.3 Å². The number of nitrogens with one attached hydrogen (secondary N) is 1. The molecule has 1 aromatic carbocycles. The standard InChI is InChI=1S/C14H19N3O3/c1-9-11-7-15-6-10(11)8-16(9)12-4-3-5-13(20-2)14(12)17(18)19/h3-5,9-11,15H,6-8H2,1-2H3. The third kappa shape index (κ3) is 1.91. The summed E-state index contributed by atoms with van der Waals surface area (Å²) in [5.74, 6) is 1.48. The van der Waals surface area contributed by atoms with E-state index < -0.39 is 0 Å². The molecule has 108 valence electrons. The van der Waals surface area contributed by atoms with Gasteiger partial charge in [0.2, 0.25) is 0 Å². The number of para-hydroxylation sites is 1. The number of ether oxygens (including phenoxy) is 1. The second-order valence-corrected chi connectivity index (χ2v) is 5.56. The summed E-state index contributed by atoms with van der Waals surface area (Å²) in [5, 5.41) is 14.8. The van der Waals surface area contributed by atoms with Gasteiger partial charge in [-0.05, 0) is 30.9 Å². The van der Waals surface area contributed by atoms with Gasteiger partial charge in [-0.25, -0.2) is 0 Å². The van der Waals surface area contributed by atoms with Gasteiger partial charge in [0.05, 0.1) is 12.0 Å². The molecule has 2 aliphatic rings. The van der Waals surface area contributed by atoms with Crippen LogP contribution in [0.3, 0.4) is 0 Å². The van der Waals surface area contributed by atoms with Crippen LogP contribution in [0, 0.1) is 22.0 Å². The maximum Gasteiger partial charge on any atom is 0.333 e. The monoisotopic (exact) mass is 277 g/mol. The fourth-order valence-electron chi connectivity index (χ4n) is 3.58. The van der Waals surface area contributed by atoms with E-state index in [1.54, 1.807) is 6.07 Å². The zero-order chi connectivity index (χ0) is 14.3. The molecule has 6 nitrogen and oxygen atoms in total. The first kappa shape index (κ1) is 13.2. The lowest BCUT2D eigenvalue weighted by molar-refractivity contribution is -0.385. The molecule has 0 aliphatic carbocycles. The Balaban J connectivity index is 2.00. The Morgan fingerprint density at radius 2 is 2.25 bits per heavy atom. The summed E-state index contributed by atoms with van der Waals surface area (Å²) in [6.45, 7) is 5.02. The molecule has 2 aliphatic heterocycles. The average Bonchev–Trinajstić information content (AvgIpc) is 3.01. The van der Waals surface area contributed by atoms with Gasteiger partial charge in [0.25, 0.3) is 0 Å². The third-order valence-corrected chi connectivity index (χ3v) is 4.62. The highest BCUT2D eigenvalue weighted by molar-refractivity contribution is 5.70. The lowest BCUT2D eigenvalue weighted by atomic mass is 9.95. The molecule has 0 amide bonds. The fraction of sp³-hybridized carbons (Fsp3) is 0.571. The molecule has 2 heterocycles. The zero-order valence-corrected chi connectivity index (χ0v) is 11.7. The minimum atomic E-state index is -0.340. The van der Waals surface area contributed by atoms with E-state index in [0.29, 0.717) is 29.3 Å². The minimum absolute atomic E-state index is 0.0785. The number of rotatable bonds is 3. The minimum Gasteiger partial charge on any atom is -0.490 e. The lowest BCUT2D eigenvalue weighted by Gasteiger charge is -2.26. The average molecular weight is 277 g/mol. The van der Waals surface area contributed by atoms with Crippen molar-refractivity contribution in [1.82, 2.24) is 5.32 Å². The van der Waals surface area contributed by atoms with Crippen LogP contribution < -0.4 is 15.0 Å². The second kappa shape index (κ2) is 4.94. The largest absolute Gasteiger partial charge is 0.490 e. The van der Waals surface area contributed by atoms with Crippen LogP contribution in [0.4, 0.5) is 11.4 Å². The molecule has 1 N–H and O–H groups in total. The molecule has 0 bridgehead atoms. The van der Waals surface area contributed by atoms with Gasteiger partial charge in [0.1, 0.15) is 5.69 Å². The number of nitro benzene ring substituents is 1. The molecule has 0 radical (unpaired) electrons. The van der Waals surface area contributed by atoms with Crippen LogP contribution in [0.25, 0.3) is 0 Å². The summed E-state index contributed by atoms with van der Waals surface area (Å²) in [7, 11) is 1.47. The molecule has 0 aromatic heterocycles. The van der Waals surface area contributed by atoms with E-state index in [-0.39, 0.29) is 10.6 Å². The van der Waals surface area contributed by atoms with Gasteiger partial charge in [-0.1, -0.05) is 6.07 Å². The Morgan fingerprint density at radius 3 is 2.90 bits per heavy atom. The van der Waals surface area contributed by atoms with Crippen molar-refractivity contribution in [2.24, 2.45) is 11.8 Å². The van der Waals surface area contributed by atoms with Crippen LogP contribution in [0.1, 0.15) is 6.92 Å². The van der Waals surface area contributed by atoms with Crippen molar-refractivity contribution >= 4 is 11.4 Å². The number of fused-ring (bicyclic) bond motifs is 1. The summed E-state index contributed by atoms with van der Waals surface area (Å²) in [6, 6.07) is 5.59. The molecule has 2 saturated heterocycles. The number of anilines is 1. The fourth-order valence-corrected chi connectivity index (χ4v) is 3.58. The summed E-state index contributed by atoms with van der Waals surface area (Å²) < 4.78 is 5.16. The van der Waals surface area contributed by atoms with E-state index >= 15 is 0 Å². The Hall–Kier alpha value is -1.82. The van der Waals surface area contributed by atoms with Gasteiger partial charge < -0.3 is 15.0 Å². The summed E-state index contributed by atoms with van der Waals surface area (Å²) in [4.78, 5) is 13.2. The van der Waals surface area contributed by atoms with Crippen molar-refractivity contribution in [3.63, 3.8) is 0 Å². The third-order valence-electron chi connectivity index (χ3n) is 4.62. The highest BCUT2D eigenvalue weighted by Crippen LogP contribution is 2.43. The molecule has 6 heteroatoms. The van der Waals surface area contributed by atoms with Crippen LogP contribution in [-0.4, -0.2) is 37.7 Å². The summed E-state index contributed by atoms with van der Waals surface area (Å²) in [5.41, 5.74) is 0.756. The predicted molar refractivity (Wildman–Crippen MR) is 76.3 cm³/mol. The molecular weight excluding hydrogens is 258 g/mol. The molecule has 20 heavy (non-hydrogen) atoms. The molecule has 2 fully saturated rings. The van der Waals surface area contributed by atoms with Crippen LogP contribution in [0.15, 0.2) is 18.2 Å². The first-order valence-electron chi connectivity index (χ1n) is 6.92. The van der Waals surface area contributed by atoms with E-state index in [4.69, 9.17) is 4.74 Å². The Labute approximate surface area is 117 Å². The van der Waals surface area contributed by atoms with E-state index in [1.807, 2.05) is 12.1 Å². The second-order valence-electron chi connectivity index (χ2n) is 5.56. The maximum absolute atomic E-state index is 11.4. The molecule has 3 rings (SSSR count). The van der Waals surface area contributed by atoms with E-state index in [9.17, 15) is 10.1 Å². The van der Waals surface area contributed by atoms with E-state index in [2.05, 4.69) is 17.1 Å². The maximum atomic E-state index is 11.4. The van der Waals surface area contributed by atoms with Crippen molar-refractivity contribution in [2.45, 2.75) is 13.0 Å². The van der Waals surface area contributed by atoms with Crippen LogP contribution in [0.5, 0.6) is 5.75 Å². The smallest absolute Gasteiger partial charge is 0.333 e. The van der Waals surface area contributed by atoms with E-state index in [0.717, 1.165) is 19.6 Å². The number of benzene rings is 1. The SMILES string of the molecule is COc1cccc(N2CC3CNCC3C2C)c1[N+](=O)[O-]. The number of nitro groups is 1. The summed E-state index contributed by atoms with van der Waals surface area (Å²) >= 11 is 0. The van der Waals surface area contributed by atoms with Crippen LogP contribution >= 0.6 is 0 Å². The topological polar surface area (TPSA) is 67.6 Å². The van der Waals surface area contributed by atoms with Crippen molar-refractivity contribution in [1.29, 1.82) is 0 Å². The van der Waals surface area contributed by atoms with Gasteiger partial charge in [-0.15, -0.1) is 0 Å². The zero-order valence-electron chi connectivity index (χ0n) is 11.7. The highest BCUT2D eigenvalue weighted by Gasteiger charge is 2.43. The molecule has 3 unspecified atom stereocenters. The van der Waals surface area contributed by atoms with E-state index in [1.165, 1.54) is 7.11 Å². The highest BCUT2D eigenvalue weighted by atomic mass is 16.6. The Bertz CT molecular complexity index is 534. The van der Waals surface area contributed by atoms with Gasteiger partial charge in [-0.2, -0.15) is 0 Å². The molecule has 3 atom stereocenters. The lowest BCUT2D eigenvalue weighted by Crippen LogP contribution is -2.33. The Morgan fingerprint density at radius 1 is 1.45 bits per heavy atom. The number of hydrogen-bond acceptors (Lipinski definition) is 5. The molecule has 1 aromatic rings. The van der Waals surface area contributed by atoms with Crippen LogP contribution in [0.2, 0.25) is 0 Å². The van der Waals surface area contributed by atoms with Crippen molar-refractivity contribution in [3.8, 4) is 5.75 Å². The van der Waals surface area contributed by atoms with Crippen molar-refractivity contribution in [2.75, 3.05) is 31.6 Å². The van der Waals surface area contributed by atoms with Gasteiger partial charge in [-0.3, -0.25) is 10.1 Å². The molecular formula is C14H19N3O3.